The highest BCUT2D eigenvalue weighted by molar-refractivity contribution is 5.92. The van der Waals surface area contributed by atoms with Gasteiger partial charge >= 0.3 is 0 Å². The minimum Gasteiger partial charge on any atom is -0.357 e. The van der Waals surface area contributed by atoms with Crippen LogP contribution < -0.4 is 10.6 Å². The van der Waals surface area contributed by atoms with Crippen LogP contribution in [0.25, 0.3) is 0 Å². The summed E-state index contributed by atoms with van der Waals surface area (Å²) < 4.78 is 13.9. The number of carbonyl (C=O) groups excluding carboxylic acids is 1. The van der Waals surface area contributed by atoms with Crippen molar-refractivity contribution in [1.82, 2.24) is 30.2 Å². The van der Waals surface area contributed by atoms with Gasteiger partial charge in [-0.25, -0.2) is 24.3 Å². The highest BCUT2D eigenvalue weighted by Gasteiger charge is 2.32. The summed E-state index contributed by atoms with van der Waals surface area (Å²) in [4.78, 5) is 30.7. The third-order valence-corrected chi connectivity index (χ3v) is 4.29. The molecule has 3 rings (SSSR count). The molecule has 2 aromatic rings. The molecule has 9 heteroatoms. The number of nitrogens with one attached hydrogen (secondary N) is 2. The van der Waals surface area contributed by atoms with E-state index in [-0.39, 0.29) is 11.9 Å². The average molecular weight is 359 g/mol. The zero-order chi connectivity index (χ0) is 18.5. The average Bonchev–Trinajstić information content (AvgIpc) is 2.99. The summed E-state index contributed by atoms with van der Waals surface area (Å²) in [5, 5.41) is 5.69. The Morgan fingerprint density at radius 3 is 2.85 bits per heavy atom. The molecular formula is C17H22FN7O. The van der Waals surface area contributed by atoms with Crippen LogP contribution in [0, 0.1) is 6.92 Å². The number of rotatable bonds is 6. The molecule has 2 N–H and O–H groups in total. The van der Waals surface area contributed by atoms with Crippen molar-refractivity contribution < 1.29 is 9.18 Å². The van der Waals surface area contributed by atoms with E-state index in [1.54, 1.807) is 32.4 Å². The van der Waals surface area contributed by atoms with Crippen molar-refractivity contribution in [3.63, 3.8) is 0 Å². The van der Waals surface area contributed by atoms with Crippen molar-refractivity contribution in [3.8, 4) is 0 Å². The lowest BCUT2D eigenvalue weighted by molar-refractivity contribution is 0.0934. The van der Waals surface area contributed by atoms with Gasteiger partial charge < -0.3 is 10.6 Å². The Labute approximate surface area is 151 Å². The minimum atomic E-state index is -0.904. The van der Waals surface area contributed by atoms with E-state index in [0.717, 1.165) is 5.56 Å². The van der Waals surface area contributed by atoms with Gasteiger partial charge in [0.25, 0.3) is 5.91 Å². The molecule has 0 bridgehead atoms. The first-order valence-electron chi connectivity index (χ1n) is 8.49. The molecule has 3 heterocycles. The summed E-state index contributed by atoms with van der Waals surface area (Å²) in [5.74, 6) is 0.0999. The number of likely N-dealkylation sites (tertiary alicyclic amines) is 1. The maximum atomic E-state index is 13.9. The summed E-state index contributed by atoms with van der Waals surface area (Å²) >= 11 is 0. The number of anilines is 1. The Bertz CT molecular complexity index is 758. The van der Waals surface area contributed by atoms with E-state index in [2.05, 4.69) is 30.6 Å². The molecule has 2 atom stereocenters. The van der Waals surface area contributed by atoms with Gasteiger partial charge in [-0.1, -0.05) is 0 Å². The fourth-order valence-corrected chi connectivity index (χ4v) is 3.07. The second kappa shape index (κ2) is 8.13. The zero-order valence-corrected chi connectivity index (χ0v) is 14.8. The van der Waals surface area contributed by atoms with Crippen molar-refractivity contribution in [3.05, 3.63) is 41.7 Å². The second-order valence-electron chi connectivity index (χ2n) is 6.34. The Kier molecular flexibility index (Phi) is 5.67. The first-order chi connectivity index (χ1) is 12.5. The number of amides is 1. The van der Waals surface area contributed by atoms with Crippen LogP contribution >= 0.6 is 0 Å². The fraction of sp³-hybridized carbons (Fsp3) is 0.471. The van der Waals surface area contributed by atoms with Gasteiger partial charge in [0.1, 0.15) is 18.2 Å². The summed E-state index contributed by atoms with van der Waals surface area (Å²) in [6.07, 6.45) is 4.39. The molecule has 1 aliphatic heterocycles. The Hall–Kier alpha value is -2.68. The maximum Gasteiger partial charge on any atom is 0.270 e. The molecule has 0 unspecified atom stereocenters. The SMILES string of the molecule is CNc1nc(C)cc(C(=O)NC[C@@H]2C[C@H](F)CN2Cc2cncnc2)n1. The fourth-order valence-electron chi connectivity index (χ4n) is 3.07. The zero-order valence-electron chi connectivity index (χ0n) is 14.8. The number of aryl methyl sites for hydroxylation is 1. The van der Waals surface area contributed by atoms with Gasteiger partial charge in [-0.3, -0.25) is 9.69 Å². The predicted molar refractivity (Wildman–Crippen MR) is 94.4 cm³/mol. The molecule has 0 aromatic carbocycles. The van der Waals surface area contributed by atoms with Gasteiger partial charge in [0.15, 0.2) is 0 Å². The lowest BCUT2D eigenvalue weighted by Gasteiger charge is -2.24. The van der Waals surface area contributed by atoms with Crippen molar-refractivity contribution in [2.45, 2.75) is 32.1 Å². The summed E-state index contributed by atoms with van der Waals surface area (Å²) in [6, 6.07) is 1.54. The molecule has 1 saturated heterocycles. The Morgan fingerprint density at radius 1 is 1.35 bits per heavy atom. The highest BCUT2D eigenvalue weighted by Crippen LogP contribution is 2.22. The standard InChI is InChI=1S/C17H22FN7O/c1-11-3-15(24-17(19-2)23-11)16(26)22-7-14-4-13(18)9-25(14)8-12-5-20-10-21-6-12/h3,5-6,10,13-14H,4,7-9H2,1-2H3,(H,22,26)(H,19,23,24)/t13-,14-/m0/s1. The topological polar surface area (TPSA) is 95.9 Å². The third-order valence-electron chi connectivity index (χ3n) is 4.29. The molecule has 1 amide bonds. The van der Waals surface area contributed by atoms with Crippen molar-refractivity contribution in [2.75, 3.05) is 25.5 Å². The summed E-state index contributed by atoms with van der Waals surface area (Å²) in [6.45, 7) is 3.04. The number of halogens is 1. The van der Waals surface area contributed by atoms with Gasteiger partial charge in [0, 0.05) is 56.4 Å². The van der Waals surface area contributed by atoms with E-state index >= 15 is 0 Å². The molecule has 2 aromatic heterocycles. The first kappa shape index (κ1) is 18.1. The quantitative estimate of drug-likeness (QED) is 0.793. The molecule has 1 fully saturated rings. The smallest absolute Gasteiger partial charge is 0.270 e. The lowest BCUT2D eigenvalue weighted by atomic mass is 10.2. The summed E-state index contributed by atoms with van der Waals surface area (Å²) in [7, 11) is 1.70. The van der Waals surface area contributed by atoms with Crippen molar-refractivity contribution in [1.29, 1.82) is 0 Å². The van der Waals surface area contributed by atoms with E-state index in [9.17, 15) is 9.18 Å². The molecule has 1 aliphatic rings. The third kappa shape index (κ3) is 4.48. The normalized spacial score (nSPS) is 20.1. The maximum absolute atomic E-state index is 13.9. The van der Waals surface area contributed by atoms with Gasteiger partial charge in [0.2, 0.25) is 5.95 Å². The molecule has 8 nitrogen and oxygen atoms in total. The number of nitrogens with zero attached hydrogens (tertiary/aromatic N) is 5. The van der Waals surface area contributed by atoms with Crippen LogP contribution in [0.2, 0.25) is 0 Å². The van der Waals surface area contributed by atoms with E-state index in [4.69, 9.17) is 0 Å². The van der Waals surface area contributed by atoms with Crippen LogP contribution in [0.4, 0.5) is 10.3 Å². The Balaban J connectivity index is 1.62. The van der Waals surface area contributed by atoms with Gasteiger partial charge in [-0.2, -0.15) is 0 Å². The van der Waals surface area contributed by atoms with Gasteiger partial charge in [-0.15, -0.1) is 0 Å². The lowest BCUT2D eigenvalue weighted by Crippen LogP contribution is -2.40. The molecule has 138 valence electrons. The highest BCUT2D eigenvalue weighted by atomic mass is 19.1. The van der Waals surface area contributed by atoms with Crippen LogP contribution in [0.5, 0.6) is 0 Å². The van der Waals surface area contributed by atoms with Crippen LogP contribution in [0.1, 0.15) is 28.2 Å². The van der Waals surface area contributed by atoms with E-state index < -0.39 is 6.17 Å². The molecule has 0 radical (unpaired) electrons. The van der Waals surface area contributed by atoms with E-state index in [0.29, 0.717) is 43.4 Å². The van der Waals surface area contributed by atoms with E-state index in [1.807, 2.05) is 4.90 Å². The van der Waals surface area contributed by atoms with Crippen molar-refractivity contribution >= 4 is 11.9 Å². The second-order valence-corrected chi connectivity index (χ2v) is 6.34. The van der Waals surface area contributed by atoms with Gasteiger partial charge in [-0.05, 0) is 19.4 Å². The molecule has 0 aliphatic carbocycles. The van der Waals surface area contributed by atoms with E-state index in [1.165, 1.54) is 6.33 Å². The van der Waals surface area contributed by atoms with Crippen LogP contribution in [0.3, 0.4) is 0 Å². The molecule has 0 saturated carbocycles. The number of hydrogen-bond acceptors (Lipinski definition) is 7. The molecule has 26 heavy (non-hydrogen) atoms. The number of hydrogen-bond donors (Lipinski definition) is 2. The van der Waals surface area contributed by atoms with Crippen LogP contribution in [0.15, 0.2) is 24.8 Å². The molecule has 0 spiro atoms. The number of aromatic nitrogens is 4. The monoisotopic (exact) mass is 359 g/mol. The number of carbonyl (C=O) groups is 1. The van der Waals surface area contributed by atoms with Crippen LogP contribution in [-0.2, 0) is 6.54 Å². The first-order valence-corrected chi connectivity index (χ1v) is 8.49. The van der Waals surface area contributed by atoms with Crippen molar-refractivity contribution in [2.24, 2.45) is 0 Å². The van der Waals surface area contributed by atoms with Crippen LogP contribution in [-0.4, -0.2) is 63.1 Å². The summed E-state index contributed by atoms with van der Waals surface area (Å²) in [5.41, 5.74) is 1.91. The minimum absolute atomic E-state index is 0.0825. The molecular weight excluding hydrogens is 337 g/mol. The predicted octanol–water partition coefficient (Wildman–Crippen LogP) is 0.959. The largest absolute Gasteiger partial charge is 0.357 e. The Morgan fingerprint density at radius 2 is 2.12 bits per heavy atom. The van der Waals surface area contributed by atoms with Gasteiger partial charge in [0.05, 0.1) is 0 Å². The number of alkyl halides is 1.